The molecule has 3 aromatic heterocycles. The highest BCUT2D eigenvalue weighted by Gasteiger charge is 2.22. The molecule has 1 saturated heterocycles. The van der Waals surface area contributed by atoms with Crippen LogP contribution in [0.3, 0.4) is 0 Å². The van der Waals surface area contributed by atoms with Crippen molar-refractivity contribution in [2.45, 2.75) is 39.7 Å². The largest absolute Gasteiger partial charge is 0.448 e. The monoisotopic (exact) mass is 474 g/mol. The first-order valence-electron chi connectivity index (χ1n) is 11.8. The van der Waals surface area contributed by atoms with Gasteiger partial charge >= 0.3 is 0 Å². The summed E-state index contributed by atoms with van der Waals surface area (Å²) in [6.45, 7) is 11.6. The van der Waals surface area contributed by atoms with Crippen molar-refractivity contribution in [2.75, 3.05) is 31.2 Å². The van der Waals surface area contributed by atoms with E-state index in [1.54, 1.807) is 6.33 Å². The number of fused-ring (bicyclic) bond motifs is 1. The van der Waals surface area contributed by atoms with Crippen molar-refractivity contribution in [3.05, 3.63) is 65.8 Å². The lowest BCUT2D eigenvalue weighted by Gasteiger charge is -2.27. The van der Waals surface area contributed by atoms with Crippen LogP contribution in [0.25, 0.3) is 16.8 Å². The normalized spacial score (nSPS) is 14.5. The zero-order chi connectivity index (χ0) is 24.6. The van der Waals surface area contributed by atoms with Gasteiger partial charge in [-0.05, 0) is 30.2 Å². The minimum Gasteiger partial charge on any atom is -0.448 e. The summed E-state index contributed by atoms with van der Waals surface area (Å²) < 4.78 is 12.8. The molecule has 0 unspecified atom stereocenters. The van der Waals surface area contributed by atoms with E-state index >= 15 is 0 Å². The van der Waals surface area contributed by atoms with Gasteiger partial charge in [0.05, 0.1) is 36.3 Å². The van der Waals surface area contributed by atoms with Gasteiger partial charge in [-0.3, -0.25) is 4.79 Å². The number of benzene rings is 1. The van der Waals surface area contributed by atoms with Crippen molar-refractivity contribution < 1.29 is 13.9 Å². The number of oxazole rings is 1. The molecule has 0 aliphatic carbocycles. The van der Waals surface area contributed by atoms with E-state index in [9.17, 15) is 4.79 Å². The van der Waals surface area contributed by atoms with Gasteiger partial charge in [-0.2, -0.15) is 5.10 Å². The molecule has 35 heavy (non-hydrogen) atoms. The number of aromatic nitrogens is 4. The number of hydrogen-bond donors (Lipinski definition) is 1. The molecule has 0 atom stereocenters. The molecular weight excluding hydrogens is 444 g/mol. The molecule has 1 N–H and O–H groups in total. The van der Waals surface area contributed by atoms with E-state index in [-0.39, 0.29) is 17.0 Å². The molecule has 1 amide bonds. The van der Waals surface area contributed by atoms with Crippen LogP contribution in [0.15, 0.2) is 47.5 Å². The van der Waals surface area contributed by atoms with Crippen LogP contribution < -0.4 is 10.2 Å². The molecule has 0 spiro atoms. The van der Waals surface area contributed by atoms with Gasteiger partial charge in [0.2, 0.25) is 0 Å². The Morgan fingerprint density at radius 2 is 1.97 bits per heavy atom. The molecule has 182 valence electrons. The second kappa shape index (κ2) is 9.14. The lowest BCUT2D eigenvalue weighted by atomic mass is 9.97. The van der Waals surface area contributed by atoms with Crippen LogP contribution in [0.1, 0.15) is 48.3 Å². The summed E-state index contributed by atoms with van der Waals surface area (Å²) >= 11 is 0. The molecule has 1 aliphatic heterocycles. The topological polar surface area (TPSA) is 97.8 Å². The smallest absolute Gasteiger partial charge is 0.273 e. The zero-order valence-corrected chi connectivity index (χ0v) is 20.5. The summed E-state index contributed by atoms with van der Waals surface area (Å²) in [7, 11) is 0. The SMILES string of the molecule is Cc1cc(-c2ncnn3cc(N4CCOCC4)cc23)ccc1CNC(=O)c1coc(C(C)(C)C)n1. The molecule has 0 saturated carbocycles. The summed E-state index contributed by atoms with van der Waals surface area (Å²) in [5.74, 6) is 0.288. The predicted octanol–water partition coefficient (Wildman–Crippen LogP) is 3.76. The van der Waals surface area contributed by atoms with Crippen LogP contribution in [0, 0.1) is 6.92 Å². The molecule has 9 nitrogen and oxygen atoms in total. The summed E-state index contributed by atoms with van der Waals surface area (Å²) in [6, 6.07) is 8.29. The van der Waals surface area contributed by atoms with E-state index in [2.05, 4.69) is 37.4 Å². The number of nitrogens with zero attached hydrogens (tertiary/aromatic N) is 5. The van der Waals surface area contributed by atoms with Crippen LogP contribution >= 0.6 is 0 Å². The average molecular weight is 475 g/mol. The van der Waals surface area contributed by atoms with Crippen molar-refractivity contribution in [3.8, 4) is 11.3 Å². The molecule has 4 heterocycles. The van der Waals surface area contributed by atoms with Gasteiger partial charge in [0.1, 0.15) is 12.6 Å². The third-order valence-electron chi connectivity index (χ3n) is 6.20. The zero-order valence-electron chi connectivity index (χ0n) is 20.5. The third-order valence-corrected chi connectivity index (χ3v) is 6.20. The molecule has 0 bridgehead atoms. The average Bonchev–Trinajstić information content (AvgIpc) is 3.51. The summed E-state index contributed by atoms with van der Waals surface area (Å²) in [5, 5.41) is 7.35. The van der Waals surface area contributed by atoms with Gasteiger partial charge in [-0.15, -0.1) is 0 Å². The van der Waals surface area contributed by atoms with Crippen LogP contribution in [-0.4, -0.2) is 51.8 Å². The maximum absolute atomic E-state index is 12.6. The minimum absolute atomic E-state index is 0.250. The Labute approximate surface area is 204 Å². The van der Waals surface area contributed by atoms with E-state index in [0.717, 1.165) is 59.9 Å². The number of rotatable bonds is 5. The molecule has 1 aliphatic rings. The van der Waals surface area contributed by atoms with Crippen molar-refractivity contribution in [2.24, 2.45) is 0 Å². The molecular formula is C26H30N6O3. The summed E-state index contributed by atoms with van der Waals surface area (Å²) in [6.07, 6.45) is 5.03. The van der Waals surface area contributed by atoms with E-state index in [1.807, 2.05) is 50.5 Å². The lowest BCUT2D eigenvalue weighted by molar-refractivity contribution is 0.0946. The van der Waals surface area contributed by atoms with Crippen LogP contribution in [-0.2, 0) is 16.7 Å². The number of hydrogen-bond acceptors (Lipinski definition) is 7. The Morgan fingerprint density at radius 3 is 2.69 bits per heavy atom. The number of nitrogens with one attached hydrogen (secondary N) is 1. The van der Waals surface area contributed by atoms with Crippen LogP contribution in [0.5, 0.6) is 0 Å². The van der Waals surface area contributed by atoms with Gasteiger partial charge in [-0.1, -0.05) is 32.9 Å². The van der Waals surface area contributed by atoms with E-state index in [1.165, 1.54) is 6.26 Å². The van der Waals surface area contributed by atoms with Crippen molar-refractivity contribution >= 4 is 17.1 Å². The van der Waals surface area contributed by atoms with E-state index in [4.69, 9.17) is 9.15 Å². The number of morpholine rings is 1. The third kappa shape index (κ3) is 4.77. The number of amides is 1. The molecule has 5 rings (SSSR count). The summed E-state index contributed by atoms with van der Waals surface area (Å²) in [5.41, 5.74) is 6.07. The number of ether oxygens (including phenoxy) is 1. The fourth-order valence-electron chi connectivity index (χ4n) is 4.16. The number of anilines is 1. The van der Waals surface area contributed by atoms with Gasteiger partial charge in [0, 0.05) is 30.6 Å². The molecule has 4 aromatic rings. The first-order chi connectivity index (χ1) is 16.8. The minimum atomic E-state index is -0.255. The molecule has 1 fully saturated rings. The lowest BCUT2D eigenvalue weighted by Crippen LogP contribution is -2.35. The van der Waals surface area contributed by atoms with Gasteiger partial charge in [-0.25, -0.2) is 14.5 Å². The number of aryl methyl sites for hydroxylation is 1. The van der Waals surface area contributed by atoms with Gasteiger partial charge in [0.15, 0.2) is 11.6 Å². The second-order valence-electron chi connectivity index (χ2n) is 9.85. The Kier molecular flexibility index (Phi) is 6.02. The Balaban J connectivity index is 1.33. The second-order valence-corrected chi connectivity index (χ2v) is 9.85. The predicted molar refractivity (Wildman–Crippen MR) is 133 cm³/mol. The fourth-order valence-corrected chi connectivity index (χ4v) is 4.16. The quantitative estimate of drug-likeness (QED) is 0.470. The highest BCUT2D eigenvalue weighted by molar-refractivity contribution is 5.92. The Bertz CT molecular complexity index is 1360. The highest BCUT2D eigenvalue weighted by atomic mass is 16.5. The summed E-state index contributed by atoms with van der Waals surface area (Å²) in [4.78, 5) is 23.8. The molecule has 1 aromatic carbocycles. The number of carbonyl (C=O) groups excluding carboxylic acids is 1. The van der Waals surface area contributed by atoms with E-state index < -0.39 is 0 Å². The fraction of sp³-hybridized carbons (Fsp3) is 0.385. The maximum Gasteiger partial charge on any atom is 0.273 e. The van der Waals surface area contributed by atoms with Crippen molar-refractivity contribution in [1.29, 1.82) is 0 Å². The van der Waals surface area contributed by atoms with Crippen LogP contribution in [0.4, 0.5) is 5.69 Å². The molecule has 9 heteroatoms. The van der Waals surface area contributed by atoms with E-state index in [0.29, 0.717) is 12.4 Å². The number of carbonyl (C=O) groups is 1. The van der Waals surface area contributed by atoms with Crippen LogP contribution in [0.2, 0.25) is 0 Å². The van der Waals surface area contributed by atoms with Crippen molar-refractivity contribution in [1.82, 2.24) is 24.9 Å². The van der Waals surface area contributed by atoms with Gasteiger partial charge in [0.25, 0.3) is 5.91 Å². The van der Waals surface area contributed by atoms with Crippen molar-refractivity contribution in [3.63, 3.8) is 0 Å². The maximum atomic E-state index is 12.6. The highest BCUT2D eigenvalue weighted by Crippen LogP contribution is 2.28. The standard InChI is InChI=1S/C26H30N6O3/c1-17-11-18(5-6-19(17)13-27-24(33)21-15-35-25(30-21)26(2,3)4)23-22-12-20(14-32(22)29-16-28-23)31-7-9-34-10-8-31/h5-6,11-12,14-16H,7-10,13H2,1-4H3,(H,27,33). The Hall–Kier alpha value is -3.72. The Morgan fingerprint density at radius 1 is 1.17 bits per heavy atom. The van der Waals surface area contributed by atoms with Gasteiger partial charge < -0.3 is 19.4 Å². The molecule has 0 radical (unpaired) electrons. The first kappa shape index (κ1) is 23.0. The first-order valence-corrected chi connectivity index (χ1v) is 11.8.